The first-order chi connectivity index (χ1) is 9.80. The minimum absolute atomic E-state index is 0.127. The van der Waals surface area contributed by atoms with Crippen LogP contribution < -0.4 is 16.0 Å². The molecule has 1 unspecified atom stereocenters. The molecule has 1 heterocycles. The molecule has 0 saturated heterocycles. The lowest BCUT2D eigenvalue weighted by atomic mass is 9.84. The highest BCUT2D eigenvalue weighted by molar-refractivity contribution is 5.28. The highest BCUT2D eigenvalue weighted by atomic mass is 16.5. The lowest BCUT2D eigenvalue weighted by Crippen LogP contribution is -2.32. The van der Waals surface area contributed by atoms with E-state index in [4.69, 9.17) is 10.6 Å². The molecule has 0 spiro atoms. The molecule has 0 amide bonds. The maximum atomic E-state index is 5.82. The van der Waals surface area contributed by atoms with Gasteiger partial charge in [-0.15, -0.1) is 0 Å². The predicted molar refractivity (Wildman–Crippen MR) is 80.3 cm³/mol. The number of aryl methyl sites for hydroxylation is 1. The molecule has 20 heavy (non-hydrogen) atoms. The molecule has 0 aliphatic heterocycles. The highest BCUT2D eigenvalue weighted by Gasteiger charge is 2.25. The van der Waals surface area contributed by atoms with Gasteiger partial charge in [0.1, 0.15) is 0 Å². The summed E-state index contributed by atoms with van der Waals surface area (Å²) in [5.41, 5.74) is 4.08. The Kier molecular flexibility index (Phi) is 5.86. The monoisotopic (exact) mass is 280 g/mol. The number of ether oxygens (including phenoxy) is 1. The van der Waals surface area contributed by atoms with Gasteiger partial charge in [-0.1, -0.05) is 39.0 Å². The van der Waals surface area contributed by atoms with Crippen LogP contribution in [0.4, 0.5) is 0 Å². The van der Waals surface area contributed by atoms with Gasteiger partial charge in [0.25, 0.3) is 0 Å². The second-order valence-electron chi connectivity index (χ2n) is 5.78. The first kappa shape index (κ1) is 15.3. The standard InChI is InChI=1S/C15H28N4O/c1-3-9-19-15(14(20-2)11-17-19)13(18-16)10-12-7-5-4-6-8-12/h11-13,18H,3-10,16H2,1-2H3. The summed E-state index contributed by atoms with van der Waals surface area (Å²) in [6.45, 7) is 3.06. The van der Waals surface area contributed by atoms with Crippen molar-refractivity contribution in [3.8, 4) is 5.75 Å². The topological polar surface area (TPSA) is 65.1 Å². The lowest BCUT2D eigenvalue weighted by molar-refractivity contribution is 0.288. The van der Waals surface area contributed by atoms with Gasteiger partial charge in [0.15, 0.2) is 5.75 Å². The Labute approximate surface area is 121 Å². The molecule has 1 aromatic heterocycles. The highest BCUT2D eigenvalue weighted by Crippen LogP contribution is 2.34. The fourth-order valence-electron chi connectivity index (χ4n) is 3.29. The van der Waals surface area contributed by atoms with E-state index in [1.807, 2.05) is 4.68 Å². The zero-order valence-corrected chi connectivity index (χ0v) is 12.8. The van der Waals surface area contributed by atoms with Gasteiger partial charge in [-0.05, 0) is 18.8 Å². The quantitative estimate of drug-likeness (QED) is 0.595. The van der Waals surface area contributed by atoms with Crippen molar-refractivity contribution in [1.82, 2.24) is 15.2 Å². The van der Waals surface area contributed by atoms with Crippen molar-refractivity contribution in [1.29, 1.82) is 0 Å². The third-order valence-electron chi connectivity index (χ3n) is 4.33. The Morgan fingerprint density at radius 1 is 1.45 bits per heavy atom. The van der Waals surface area contributed by atoms with E-state index in [1.54, 1.807) is 13.3 Å². The summed E-state index contributed by atoms with van der Waals surface area (Å²) in [7, 11) is 1.70. The van der Waals surface area contributed by atoms with Crippen molar-refractivity contribution in [2.45, 2.75) is 64.5 Å². The maximum absolute atomic E-state index is 5.82. The van der Waals surface area contributed by atoms with Crippen LogP contribution in [0.1, 0.15) is 63.6 Å². The first-order valence-corrected chi connectivity index (χ1v) is 7.86. The van der Waals surface area contributed by atoms with E-state index >= 15 is 0 Å². The molecule has 1 saturated carbocycles. The number of nitrogens with one attached hydrogen (secondary N) is 1. The lowest BCUT2D eigenvalue weighted by Gasteiger charge is -2.27. The molecule has 1 aromatic rings. The van der Waals surface area contributed by atoms with Crippen LogP contribution in [0, 0.1) is 5.92 Å². The molecule has 0 radical (unpaired) electrons. The molecule has 1 fully saturated rings. The molecule has 5 nitrogen and oxygen atoms in total. The van der Waals surface area contributed by atoms with Crippen LogP contribution in [0.3, 0.4) is 0 Å². The molecule has 114 valence electrons. The van der Waals surface area contributed by atoms with E-state index in [0.29, 0.717) is 0 Å². The minimum Gasteiger partial charge on any atom is -0.493 e. The number of nitrogens with two attached hydrogens (primary N) is 1. The van der Waals surface area contributed by atoms with Crippen molar-refractivity contribution in [3.63, 3.8) is 0 Å². The minimum atomic E-state index is 0.127. The number of methoxy groups -OCH3 is 1. The Morgan fingerprint density at radius 2 is 2.20 bits per heavy atom. The fourth-order valence-corrected chi connectivity index (χ4v) is 3.29. The molecule has 1 atom stereocenters. The molecule has 1 aliphatic rings. The van der Waals surface area contributed by atoms with Gasteiger partial charge in [-0.3, -0.25) is 16.0 Å². The Bertz CT molecular complexity index is 399. The van der Waals surface area contributed by atoms with Gasteiger partial charge >= 0.3 is 0 Å². The van der Waals surface area contributed by atoms with Crippen molar-refractivity contribution >= 4 is 0 Å². The molecule has 2 rings (SSSR count). The van der Waals surface area contributed by atoms with E-state index in [2.05, 4.69) is 17.4 Å². The normalized spacial score (nSPS) is 18.1. The number of aromatic nitrogens is 2. The molecule has 5 heteroatoms. The van der Waals surface area contributed by atoms with Crippen LogP contribution in [-0.4, -0.2) is 16.9 Å². The summed E-state index contributed by atoms with van der Waals surface area (Å²) in [6.07, 6.45) is 10.7. The third-order valence-corrected chi connectivity index (χ3v) is 4.33. The van der Waals surface area contributed by atoms with E-state index in [9.17, 15) is 0 Å². The zero-order chi connectivity index (χ0) is 14.4. The van der Waals surface area contributed by atoms with Crippen molar-refractivity contribution in [3.05, 3.63) is 11.9 Å². The fraction of sp³-hybridized carbons (Fsp3) is 0.800. The first-order valence-electron chi connectivity index (χ1n) is 7.86. The van der Waals surface area contributed by atoms with Crippen molar-refractivity contribution < 1.29 is 4.74 Å². The number of hydrazine groups is 1. The average Bonchev–Trinajstić information content (AvgIpc) is 2.89. The van der Waals surface area contributed by atoms with Crippen LogP contribution in [-0.2, 0) is 6.54 Å². The van der Waals surface area contributed by atoms with Gasteiger partial charge in [0, 0.05) is 6.54 Å². The number of hydrogen-bond donors (Lipinski definition) is 2. The molecular formula is C15H28N4O. The summed E-state index contributed by atoms with van der Waals surface area (Å²) < 4.78 is 7.50. The van der Waals surface area contributed by atoms with Gasteiger partial charge < -0.3 is 4.74 Å². The number of nitrogens with zero attached hydrogens (tertiary/aromatic N) is 2. The van der Waals surface area contributed by atoms with E-state index in [1.165, 1.54) is 32.1 Å². The Morgan fingerprint density at radius 3 is 2.80 bits per heavy atom. The smallest absolute Gasteiger partial charge is 0.161 e. The summed E-state index contributed by atoms with van der Waals surface area (Å²) in [4.78, 5) is 0. The van der Waals surface area contributed by atoms with Crippen LogP contribution in [0.15, 0.2) is 6.20 Å². The molecule has 0 bridgehead atoms. The molecule has 0 aromatic carbocycles. The summed E-state index contributed by atoms with van der Waals surface area (Å²) in [5, 5.41) is 4.43. The predicted octanol–water partition coefficient (Wildman–Crippen LogP) is 2.78. The SMILES string of the molecule is CCCn1ncc(OC)c1C(CC1CCCCC1)NN. The van der Waals surface area contributed by atoms with Crippen LogP contribution >= 0.6 is 0 Å². The van der Waals surface area contributed by atoms with Crippen LogP contribution in [0.2, 0.25) is 0 Å². The van der Waals surface area contributed by atoms with Gasteiger partial charge in [0.2, 0.25) is 0 Å². The van der Waals surface area contributed by atoms with E-state index in [0.717, 1.165) is 36.7 Å². The van der Waals surface area contributed by atoms with Gasteiger partial charge in [0.05, 0.1) is 25.0 Å². The van der Waals surface area contributed by atoms with Gasteiger partial charge in [-0.2, -0.15) is 5.10 Å². The number of hydrogen-bond acceptors (Lipinski definition) is 4. The summed E-state index contributed by atoms with van der Waals surface area (Å²) in [6, 6.07) is 0.127. The summed E-state index contributed by atoms with van der Waals surface area (Å²) in [5.74, 6) is 7.43. The average molecular weight is 280 g/mol. The Balaban J connectivity index is 2.14. The maximum Gasteiger partial charge on any atom is 0.161 e. The van der Waals surface area contributed by atoms with E-state index in [-0.39, 0.29) is 6.04 Å². The summed E-state index contributed by atoms with van der Waals surface area (Å²) >= 11 is 0. The van der Waals surface area contributed by atoms with Gasteiger partial charge in [-0.25, -0.2) is 0 Å². The molecular weight excluding hydrogens is 252 g/mol. The second-order valence-corrected chi connectivity index (χ2v) is 5.78. The molecule has 1 aliphatic carbocycles. The Hall–Kier alpha value is -1.07. The van der Waals surface area contributed by atoms with E-state index < -0.39 is 0 Å². The molecule has 3 N–H and O–H groups in total. The second kappa shape index (κ2) is 7.64. The van der Waals surface area contributed by atoms with Crippen LogP contribution in [0.5, 0.6) is 5.75 Å². The van der Waals surface area contributed by atoms with Crippen molar-refractivity contribution in [2.24, 2.45) is 11.8 Å². The largest absolute Gasteiger partial charge is 0.493 e. The zero-order valence-electron chi connectivity index (χ0n) is 12.8. The van der Waals surface area contributed by atoms with Crippen molar-refractivity contribution in [2.75, 3.05) is 7.11 Å². The van der Waals surface area contributed by atoms with Crippen LogP contribution in [0.25, 0.3) is 0 Å². The number of rotatable bonds is 7. The third kappa shape index (κ3) is 3.52.